The van der Waals surface area contributed by atoms with E-state index in [0.717, 1.165) is 5.39 Å². The van der Waals surface area contributed by atoms with Crippen molar-refractivity contribution >= 4 is 16.9 Å². The number of aliphatic carboxylic acids is 1. The van der Waals surface area contributed by atoms with Crippen LogP contribution < -0.4 is 11.4 Å². The molecule has 0 aliphatic heterocycles. The zero-order chi connectivity index (χ0) is 14.3. The van der Waals surface area contributed by atoms with Crippen molar-refractivity contribution in [3.63, 3.8) is 0 Å². The van der Waals surface area contributed by atoms with Gasteiger partial charge in [-0.1, -0.05) is 0 Å². The van der Waals surface area contributed by atoms with E-state index in [0.29, 0.717) is 18.5 Å². The van der Waals surface area contributed by atoms with Crippen molar-refractivity contribution in [2.24, 2.45) is 5.73 Å². The van der Waals surface area contributed by atoms with Crippen LogP contribution in [0.1, 0.15) is 12.8 Å². The second-order valence-electron chi connectivity index (χ2n) is 3.76. The second kappa shape index (κ2) is 7.17. The molecular weight excluding hydrogens is 250 g/mol. The molecule has 1 heterocycles. The predicted octanol–water partition coefficient (Wildman–Crippen LogP) is 1.31. The normalized spacial score (nSPS) is 9.74. The number of carbonyl (C=O) groups is 1. The van der Waals surface area contributed by atoms with Gasteiger partial charge < -0.3 is 20.4 Å². The van der Waals surface area contributed by atoms with Crippen LogP contribution in [0, 0.1) is 0 Å². The lowest BCUT2D eigenvalue weighted by molar-refractivity contribution is -0.137. The second-order valence-corrected chi connectivity index (χ2v) is 3.76. The lowest BCUT2D eigenvalue weighted by atomic mass is 10.2. The maximum absolute atomic E-state index is 10.7. The molecule has 0 saturated carbocycles. The van der Waals surface area contributed by atoms with Crippen LogP contribution in [0.15, 0.2) is 39.5 Å². The molecule has 0 fully saturated rings. The van der Waals surface area contributed by atoms with E-state index in [2.05, 4.69) is 0 Å². The van der Waals surface area contributed by atoms with E-state index < -0.39 is 11.6 Å². The number of hydrogen-bond acceptors (Lipinski definition) is 5. The largest absolute Gasteiger partial charge is 0.508 e. The lowest BCUT2D eigenvalue weighted by Crippen LogP contribution is -2.02. The molecule has 0 saturated heterocycles. The van der Waals surface area contributed by atoms with Gasteiger partial charge in [-0.15, -0.1) is 0 Å². The quantitative estimate of drug-likeness (QED) is 0.721. The third kappa shape index (κ3) is 5.22. The first kappa shape index (κ1) is 14.7. The molecule has 0 bridgehead atoms. The van der Waals surface area contributed by atoms with Crippen molar-refractivity contribution in [3.05, 3.63) is 40.8 Å². The number of carboxylic acid groups (broad SMARTS) is 1. The highest BCUT2D eigenvalue weighted by molar-refractivity contribution is 5.77. The average molecular weight is 265 g/mol. The first-order chi connectivity index (χ1) is 9.02. The molecular formula is C13H15NO5. The van der Waals surface area contributed by atoms with E-state index in [9.17, 15) is 9.59 Å². The van der Waals surface area contributed by atoms with E-state index >= 15 is 0 Å². The predicted molar refractivity (Wildman–Crippen MR) is 70.1 cm³/mol. The summed E-state index contributed by atoms with van der Waals surface area (Å²) in [5.74, 6) is -0.678. The third-order valence-corrected chi connectivity index (χ3v) is 2.20. The molecule has 19 heavy (non-hydrogen) atoms. The van der Waals surface area contributed by atoms with Crippen LogP contribution in [0.5, 0.6) is 5.75 Å². The average Bonchev–Trinajstić information content (AvgIpc) is 2.36. The number of nitrogens with two attached hydrogens (primary N) is 1. The number of carboxylic acids is 1. The standard InChI is InChI=1S/C9H6O3.C4H9NO2/c10-7-3-1-6-2-4-9(11)12-8(6)5-7;5-3-1-2-4(6)7/h1-5,10H;1-3,5H2,(H,6,7). The molecule has 0 spiro atoms. The van der Waals surface area contributed by atoms with Crippen LogP contribution in [0.4, 0.5) is 0 Å². The van der Waals surface area contributed by atoms with Gasteiger partial charge in [-0.2, -0.15) is 0 Å². The molecule has 0 aliphatic carbocycles. The van der Waals surface area contributed by atoms with Crippen LogP contribution >= 0.6 is 0 Å². The van der Waals surface area contributed by atoms with Crippen LogP contribution in [0.3, 0.4) is 0 Å². The molecule has 0 unspecified atom stereocenters. The highest BCUT2D eigenvalue weighted by Crippen LogP contribution is 2.17. The van der Waals surface area contributed by atoms with Gasteiger partial charge in [0, 0.05) is 23.9 Å². The van der Waals surface area contributed by atoms with Crippen molar-refractivity contribution < 1.29 is 19.4 Å². The van der Waals surface area contributed by atoms with Gasteiger partial charge in [-0.25, -0.2) is 4.79 Å². The van der Waals surface area contributed by atoms with Crippen molar-refractivity contribution in [2.75, 3.05) is 6.54 Å². The summed E-state index contributed by atoms with van der Waals surface area (Å²) >= 11 is 0. The van der Waals surface area contributed by atoms with Gasteiger partial charge in [-0.3, -0.25) is 4.79 Å². The minimum absolute atomic E-state index is 0.0943. The Balaban J connectivity index is 0.000000224. The minimum atomic E-state index is -0.773. The van der Waals surface area contributed by atoms with Gasteiger partial charge in [0.05, 0.1) is 0 Å². The summed E-state index contributed by atoms with van der Waals surface area (Å²) < 4.78 is 4.83. The summed E-state index contributed by atoms with van der Waals surface area (Å²) in [5, 5.41) is 17.8. The SMILES string of the molecule is NCCCC(=O)O.O=c1ccc2ccc(O)cc2o1. The van der Waals surface area contributed by atoms with Gasteiger partial charge in [-0.05, 0) is 31.2 Å². The zero-order valence-corrected chi connectivity index (χ0v) is 10.2. The highest BCUT2D eigenvalue weighted by Gasteiger charge is 1.96. The van der Waals surface area contributed by atoms with Crippen molar-refractivity contribution in [1.29, 1.82) is 0 Å². The van der Waals surface area contributed by atoms with Crippen LogP contribution in [-0.4, -0.2) is 22.7 Å². The summed E-state index contributed by atoms with van der Waals surface area (Å²) in [7, 11) is 0. The molecule has 1 aromatic carbocycles. The van der Waals surface area contributed by atoms with Crippen LogP contribution in [-0.2, 0) is 4.79 Å². The monoisotopic (exact) mass is 265 g/mol. The molecule has 0 atom stereocenters. The number of phenolic OH excluding ortho intramolecular Hbond substituents is 1. The topological polar surface area (TPSA) is 114 Å². The highest BCUT2D eigenvalue weighted by atomic mass is 16.4. The van der Waals surface area contributed by atoms with Gasteiger partial charge in [0.25, 0.3) is 0 Å². The Labute approximate surface area is 109 Å². The van der Waals surface area contributed by atoms with Gasteiger partial charge >= 0.3 is 11.6 Å². The van der Waals surface area contributed by atoms with Crippen LogP contribution in [0.25, 0.3) is 11.0 Å². The lowest BCUT2D eigenvalue weighted by Gasteiger charge is -1.94. The fraction of sp³-hybridized carbons (Fsp3) is 0.231. The molecule has 2 aromatic rings. The Kier molecular flexibility index (Phi) is 5.56. The summed E-state index contributed by atoms with van der Waals surface area (Å²) in [6.45, 7) is 0.465. The van der Waals surface area contributed by atoms with E-state index in [4.69, 9.17) is 20.4 Å². The summed E-state index contributed by atoms with van der Waals surface area (Å²) in [6, 6.07) is 7.65. The third-order valence-electron chi connectivity index (χ3n) is 2.20. The van der Waals surface area contributed by atoms with E-state index in [1.165, 1.54) is 12.1 Å². The molecule has 0 amide bonds. The van der Waals surface area contributed by atoms with Gasteiger partial charge in [0.2, 0.25) is 0 Å². The number of benzene rings is 1. The maximum atomic E-state index is 10.7. The van der Waals surface area contributed by atoms with E-state index in [1.54, 1.807) is 18.2 Å². The molecule has 6 heteroatoms. The zero-order valence-electron chi connectivity index (χ0n) is 10.2. The molecule has 2 rings (SSSR count). The fourth-order valence-corrected chi connectivity index (χ4v) is 1.30. The molecule has 0 radical (unpaired) electrons. The molecule has 0 aliphatic rings. The number of hydrogen-bond donors (Lipinski definition) is 3. The summed E-state index contributed by atoms with van der Waals surface area (Å²) in [5.41, 5.74) is 5.01. The smallest absolute Gasteiger partial charge is 0.336 e. The molecule has 4 N–H and O–H groups in total. The van der Waals surface area contributed by atoms with E-state index in [-0.39, 0.29) is 12.2 Å². The van der Waals surface area contributed by atoms with Gasteiger partial charge in [0.1, 0.15) is 11.3 Å². The molecule has 6 nitrogen and oxygen atoms in total. The van der Waals surface area contributed by atoms with Gasteiger partial charge in [0.15, 0.2) is 0 Å². The van der Waals surface area contributed by atoms with Crippen molar-refractivity contribution in [1.82, 2.24) is 0 Å². The Morgan fingerprint density at radius 2 is 1.95 bits per heavy atom. The molecule has 102 valence electrons. The first-order valence-corrected chi connectivity index (χ1v) is 5.67. The number of rotatable bonds is 3. The first-order valence-electron chi connectivity index (χ1n) is 5.67. The van der Waals surface area contributed by atoms with E-state index in [1.807, 2.05) is 0 Å². The fourth-order valence-electron chi connectivity index (χ4n) is 1.30. The maximum Gasteiger partial charge on any atom is 0.336 e. The summed E-state index contributed by atoms with van der Waals surface area (Å²) in [6.07, 6.45) is 0.770. The number of aromatic hydroxyl groups is 1. The Morgan fingerprint density at radius 1 is 1.26 bits per heavy atom. The number of phenols is 1. The summed E-state index contributed by atoms with van der Waals surface area (Å²) in [4.78, 5) is 20.4. The number of fused-ring (bicyclic) bond motifs is 1. The van der Waals surface area contributed by atoms with Crippen molar-refractivity contribution in [2.45, 2.75) is 12.8 Å². The minimum Gasteiger partial charge on any atom is -0.508 e. The Morgan fingerprint density at radius 3 is 2.53 bits per heavy atom. The van der Waals surface area contributed by atoms with Crippen molar-refractivity contribution in [3.8, 4) is 5.75 Å². The Bertz CT molecular complexity index is 605. The van der Waals surface area contributed by atoms with Crippen LogP contribution in [0.2, 0.25) is 0 Å². The Hall–Kier alpha value is -2.34. The molecule has 1 aromatic heterocycles.